The maximum atomic E-state index is 13.1. The largest absolute Gasteiger partial charge is 0.340 e. The van der Waals surface area contributed by atoms with Crippen LogP contribution in [0.2, 0.25) is 0 Å². The highest BCUT2D eigenvalue weighted by Crippen LogP contribution is 2.26. The van der Waals surface area contributed by atoms with Crippen molar-refractivity contribution >= 4 is 17.1 Å². The lowest BCUT2D eigenvalue weighted by atomic mass is 9.89. The van der Waals surface area contributed by atoms with E-state index in [2.05, 4.69) is 22.1 Å². The maximum Gasteiger partial charge on any atom is 0.332 e. The van der Waals surface area contributed by atoms with Crippen LogP contribution in [-0.4, -0.2) is 44.9 Å². The zero-order valence-corrected chi connectivity index (χ0v) is 17.4. The summed E-state index contributed by atoms with van der Waals surface area (Å²) >= 11 is 0. The van der Waals surface area contributed by atoms with E-state index in [-0.39, 0.29) is 11.2 Å². The van der Waals surface area contributed by atoms with Crippen LogP contribution in [0.15, 0.2) is 9.59 Å². The maximum absolute atomic E-state index is 13.1. The van der Waals surface area contributed by atoms with E-state index in [0.717, 1.165) is 45.0 Å². The van der Waals surface area contributed by atoms with Crippen molar-refractivity contribution in [2.45, 2.75) is 52.1 Å². The van der Waals surface area contributed by atoms with Gasteiger partial charge >= 0.3 is 5.69 Å². The highest BCUT2D eigenvalue weighted by Gasteiger charge is 2.25. The standard InChI is InChI=1S/C21H30N6O2/c1-3-4-12-26-17-18(23-20(26)25-13-10-22-11-14-25)27(21(29)24(2)19(17)28)15-16-8-6-5-7-9-16/h16,22H,5-15H2,1-2H3. The highest BCUT2D eigenvalue weighted by atomic mass is 16.2. The summed E-state index contributed by atoms with van der Waals surface area (Å²) in [5.41, 5.74) is 0.428. The van der Waals surface area contributed by atoms with Gasteiger partial charge in [0.1, 0.15) is 0 Å². The molecule has 1 aliphatic heterocycles. The first-order valence-electron chi connectivity index (χ1n) is 10.7. The third-order valence-corrected chi connectivity index (χ3v) is 6.19. The van der Waals surface area contributed by atoms with Crippen molar-refractivity contribution < 1.29 is 0 Å². The van der Waals surface area contributed by atoms with E-state index in [1.54, 1.807) is 18.5 Å². The van der Waals surface area contributed by atoms with Crippen molar-refractivity contribution in [1.29, 1.82) is 0 Å². The molecular weight excluding hydrogens is 368 g/mol. The number of rotatable bonds is 4. The lowest BCUT2D eigenvalue weighted by molar-refractivity contribution is 0.315. The van der Waals surface area contributed by atoms with Gasteiger partial charge in [-0.3, -0.25) is 18.5 Å². The minimum absolute atomic E-state index is 0.272. The Morgan fingerprint density at radius 2 is 1.83 bits per heavy atom. The number of nitrogens with zero attached hydrogens (tertiary/aromatic N) is 5. The second kappa shape index (κ2) is 8.46. The van der Waals surface area contributed by atoms with Gasteiger partial charge in [0.05, 0.1) is 6.54 Å². The normalized spacial score (nSPS) is 18.1. The number of nitrogens with one attached hydrogen (secondary N) is 1. The SMILES string of the molecule is CC#CCn1c(N2CCNCC2)nc2c1c(=O)n(C)c(=O)n2CC1CCCCC1. The third-order valence-electron chi connectivity index (χ3n) is 6.19. The molecular formula is C21H30N6O2. The fraction of sp³-hybridized carbons (Fsp3) is 0.667. The summed E-state index contributed by atoms with van der Waals surface area (Å²) in [6.07, 6.45) is 5.94. The van der Waals surface area contributed by atoms with Crippen molar-refractivity contribution in [3.8, 4) is 11.8 Å². The molecule has 3 heterocycles. The van der Waals surface area contributed by atoms with E-state index in [1.165, 1.54) is 23.8 Å². The molecule has 8 nitrogen and oxygen atoms in total. The van der Waals surface area contributed by atoms with Gasteiger partial charge in [0.15, 0.2) is 11.2 Å². The van der Waals surface area contributed by atoms with Crippen molar-refractivity contribution in [3.05, 3.63) is 20.8 Å². The minimum Gasteiger partial charge on any atom is -0.340 e. The van der Waals surface area contributed by atoms with Crippen molar-refractivity contribution in [1.82, 2.24) is 24.0 Å². The van der Waals surface area contributed by atoms with Crippen LogP contribution < -0.4 is 21.5 Å². The predicted molar refractivity (Wildman–Crippen MR) is 114 cm³/mol. The summed E-state index contributed by atoms with van der Waals surface area (Å²) in [6, 6.07) is 0. The van der Waals surface area contributed by atoms with Crippen molar-refractivity contribution in [2.24, 2.45) is 13.0 Å². The van der Waals surface area contributed by atoms with Crippen LogP contribution in [0.5, 0.6) is 0 Å². The molecule has 4 rings (SSSR count). The van der Waals surface area contributed by atoms with Crippen LogP contribution in [0, 0.1) is 17.8 Å². The molecule has 0 amide bonds. The molecule has 2 aromatic rings. The molecule has 1 N–H and O–H groups in total. The molecule has 0 aromatic carbocycles. The number of aromatic nitrogens is 4. The van der Waals surface area contributed by atoms with Gasteiger partial charge in [-0.15, -0.1) is 5.92 Å². The van der Waals surface area contributed by atoms with E-state index in [9.17, 15) is 9.59 Å². The van der Waals surface area contributed by atoms with E-state index in [4.69, 9.17) is 4.98 Å². The van der Waals surface area contributed by atoms with E-state index in [1.807, 2.05) is 4.57 Å². The first kappa shape index (κ1) is 19.8. The predicted octanol–water partition coefficient (Wildman–Crippen LogP) is 0.910. The fourth-order valence-corrected chi connectivity index (χ4v) is 4.55. The molecule has 1 saturated heterocycles. The van der Waals surface area contributed by atoms with Crippen LogP contribution in [0.1, 0.15) is 39.0 Å². The molecule has 0 spiro atoms. The zero-order valence-electron chi connectivity index (χ0n) is 17.4. The van der Waals surface area contributed by atoms with Crippen LogP contribution in [0.3, 0.4) is 0 Å². The lowest BCUT2D eigenvalue weighted by Gasteiger charge is -2.28. The molecule has 0 bridgehead atoms. The number of hydrogen-bond acceptors (Lipinski definition) is 5. The lowest BCUT2D eigenvalue weighted by Crippen LogP contribution is -2.44. The van der Waals surface area contributed by atoms with Crippen molar-refractivity contribution in [3.63, 3.8) is 0 Å². The molecule has 0 unspecified atom stereocenters. The Kier molecular flexibility index (Phi) is 5.76. The van der Waals surface area contributed by atoms with Gasteiger partial charge in [-0.2, -0.15) is 4.98 Å². The second-order valence-electron chi connectivity index (χ2n) is 8.10. The second-order valence-corrected chi connectivity index (χ2v) is 8.10. The number of piperazine rings is 1. The van der Waals surface area contributed by atoms with Crippen molar-refractivity contribution in [2.75, 3.05) is 31.1 Å². The molecule has 0 atom stereocenters. The monoisotopic (exact) mass is 398 g/mol. The molecule has 1 saturated carbocycles. The molecule has 2 aromatic heterocycles. The Labute approximate surface area is 170 Å². The van der Waals surface area contributed by atoms with Gasteiger partial charge in [0.25, 0.3) is 5.56 Å². The van der Waals surface area contributed by atoms with E-state index < -0.39 is 0 Å². The molecule has 2 fully saturated rings. The fourth-order valence-electron chi connectivity index (χ4n) is 4.55. The Morgan fingerprint density at radius 1 is 1.10 bits per heavy atom. The molecule has 0 radical (unpaired) electrons. The number of anilines is 1. The van der Waals surface area contributed by atoms with Crippen LogP contribution in [-0.2, 0) is 20.1 Å². The summed E-state index contributed by atoms with van der Waals surface area (Å²) in [5, 5.41) is 3.35. The number of imidazole rings is 1. The van der Waals surface area contributed by atoms with Gasteiger partial charge < -0.3 is 10.2 Å². The smallest absolute Gasteiger partial charge is 0.332 e. The number of hydrogen-bond donors (Lipinski definition) is 1. The molecule has 8 heteroatoms. The first-order chi connectivity index (χ1) is 14.1. The van der Waals surface area contributed by atoms with Crippen LogP contribution in [0.4, 0.5) is 5.95 Å². The summed E-state index contributed by atoms with van der Waals surface area (Å²) in [6.45, 7) is 6.18. The Morgan fingerprint density at radius 3 is 2.52 bits per heavy atom. The summed E-state index contributed by atoms with van der Waals surface area (Å²) in [4.78, 5) is 33.1. The molecule has 156 valence electrons. The zero-order chi connectivity index (χ0) is 20.4. The van der Waals surface area contributed by atoms with Gasteiger partial charge in [-0.05, 0) is 25.7 Å². The van der Waals surface area contributed by atoms with Gasteiger partial charge in [0.2, 0.25) is 5.95 Å². The summed E-state index contributed by atoms with van der Waals surface area (Å²) < 4.78 is 4.86. The molecule has 1 aliphatic carbocycles. The molecule has 2 aliphatic rings. The summed E-state index contributed by atoms with van der Waals surface area (Å²) in [7, 11) is 1.56. The summed E-state index contributed by atoms with van der Waals surface area (Å²) in [5.74, 6) is 7.20. The highest BCUT2D eigenvalue weighted by molar-refractivity contribution is 5.75. The minimum atomic E-state index is -0.295. The Bertz CT molecular complexity index is 1060. The average Bonchev–Trinajstić information content (AvgIpc) is 3.14. The van der Waals surface area contributed by atoms with Crippen LogP contribution in [0.25, 0.3) is 11.2 Å². The molecule has 29 heavy (non-hydrogen) atoms. The topological polar surface area (TPSA) is 77.1 Å². The Hall–Kier alpha value is -2.53. The van der Waals surface area contributed by atoms with E-state index in [0.29, 0.717) is 30.2 Å². The third kappa shape index (κ3) is 3.71. The van der Waals surface area contributed by atoms with Gasteiger partial charge in [-0.1, -0.05) is 25.2 Å². The van der Waals surface area contributed by atoms with Crippen LogP contribution >= 0.6 is 0 Å². The Balaban J connectivity index is 1.90. The van der Waals surface area contributed by atoms with E-state index >= 15 is 0 Å². The average molecular weight is 399 g/mol. The van der Waals surface area contributed by atoms with Gasteiger partial charge in [0, 0.05) is 39.8 Å². The first-order valence-corrected chi connectivity index (χ1v) is 10.7. The van der Waals surface area contributed by atoms with Gasteiger partial charge in [-0.25, -0.2) is 4.79 Å². The number of fused-ring (bicyclic) bond motifs is 1. The quantitative estimate of drug-likeness (QED) is 0.775.